The normalized spacial score (nSPS) is 11.9. The number of ether oxygens (including phenoxy) is 1. The lowest BCUT2D eigenvalue weighted by atomic mass is 10.1. The fraction of sp³-hybridized carbons (Fsp3) is 0.391. The predicted molar refractivity (Wildman–Crippen MR) is 119 cm³/mol. The molecule has 0 saturated heterocycles. The van der Waals surface area contributed by atoms with E-state index in [2.05, 4.69) is 21.8 Å². The van der Waals surface area contributed by atoms with E-state index in [1.165, 1.54) is 26.2 Å². The van der Waals surface area contributed by atoms with E-state index >= 15 is 0 Å². The van der Waals surface area contributed by atoms with Crippen LogP contribution in [-0.2, 0) is 21.1 Å². The molecule has 0 aliphatic heterocycles. The zero-order valence-corrected chi connectivity index (χ0v) is 17.7. The summed E-state index contributed by atoms with van der Waals surface area (Å²) >= 11 is 0. The average Bonchev–Trinajstić information content (AvgIpc) is 3.06. The van der Waals surface area contributed by atoms with Gasteiger partial charge < -0.3 is 14.1 Å². The molecule has 158 valence electrons. The quantitative estimate of drug-likeness (QED) is 0.134. The smallest absolute Gasteiger partial charge is 0.331 e. The molecule has 0 saturated carbocycles. The minimum atomic E-state index is -0.468. The molecule has 3 aromatic rings. The minimum absolute atomic E-state index is 0.373. The summed E-state index contributed by atoms with van der Waals surface area (Å²) in [6.45, 7) is 6.42. The second-order valence-electron chi connectivity index (χ2n) is 7.31. The van der Waals surface area contributed by atoms with Crippen LogP contribution in [0.3, 0.4) is 0 Å². The average molecular weight is 409 g/mol. The summed E-state index contributed by atoms with van der Waals surface area (Å²) < 4.78 is 8.04. The van der Waals surface area contributed by atoms with E-state index in [0.29, 0.717) is 24.7 Å². The van der Waals surface area contributed by atoms with Crippen molar-refractivity contribution in [2.24, 2.45) is 10.3 Å². The second-order valence-corrected chi connectivity index (χ2v) is 7.31. The van der Waals surface area contributed by atoms with Gasteiger partial charge in [-0.15, -0.1) is 4.91 Å². The van der Waals surface area contributed by atoms with Gasteiger partial charge in [0.1, 0.15) is 12.4 Å². The van der Waals surface area contributed by atoms with Crippen LogP contribution < -0.4 is 0 Å². The number of rotatable bonds is 10. The number of fused-ring (bicyclic) bond motifs is 3. The fourth-order valence-corrected chi connectivity index (χ4v) is 3.49. The highest BCUT2D eigenvalue weighted by Gasteiger charge is 2.13. The number of benzene rings is 2. The van der Waals surface area contributed by atoms with Crippen LogP contribution >= 0.6 is 0 Å². The summed E-state index contributed by atoms with van der Waals surface area (Å²) in [5, 5.41) is 8.82. The number of aromatic nitrogens is 1. The molecule has 0 fully saturated rings. The molecule has 0 spiro atoms. The van der Waals surface area contributed by atoms with Crippen molar-refractivity contribution < 1.29 is 14.4 Å². The summed E-state index contributed by atoms with van der Waals surface area (Å²) in [4.78, 5) is 26.9. The van der Waals surface area contributed by atoms with Crippen LogP contribution in [0.2, 0.25) is 0 Å². The van der Waals surface area contributed by atoms with E-state index < -0.39 is 5.97 Å². The summed E-state index contributed by atoms with van der Waals surface area (Å²) in [5.41, 5.74) is 3.75. The van der Waals surface area contributed by atoms with Gasteiger partial charge in [0, 0.05) is 24.3 Å². The van der Waals surface area contributed by atoms with Gasteiger partial charge in [-0.05, 0) is 54.4 Å². The van der Waals surface area contributed by atoms with E-state index in [9.17, 15) is 9.70 Å². The molecule has 0 bridgehead atoms. The number of nitroso groups, excluding NO2 is 1. The number of hydrogen-bond donors (Lipinski definition) is 0. The van der Waals surface area contributed by atoms with E-state index in [1.54, 1.807) is 19.1 Å². The molecule has 0 amide bonds. The minimum Gasteiger partial charge on any atom is -0.361 e. The Morgan fingerprint density at radius 2 is 1.73 bits per heavy atom. The molecule has 0 atom stereocenters. The van der Waals surface area contributed by atoms with E-state index in [0.717, 1.165) is 33.8 Å². The Morgan fingerprint density at radius 1 is 1.00 bits per heavy atom. The van der Waals surface area contributed by atoms with E-state index in [1.807, 2.05) is 24.3 Å². The Balaban J connectivity index is 1.97. The molecule has 0 unspecified atom stereocenters. The monoisotopic (exact) mass is 409 g/mol. The van der Waals surface area contributed by atoms with Crippen molar-refractivity contribution in [3.63, 3.8) is 0 Å². The van der Waals surface area contributed by atoms with Crippen LogP contribution in [0.15, 0.2) is 46.7 Å². The van der Waals surface area contributed by atoms with Gasteiger partial charge in [0.05, 0.1) is 16.7 Å². The maximum Gasteiger partial charge on any atom is 0.331 e. The first kappa shape index (κ1) is 21.6. The number of unbranched alkanes of at least 4 members (excludes halogenated alkanes) is 3. The van der Waals surface area contributed by atoms with Crippen LogP contribution in [0.5, 0.6) is 0 Å². The summed E-state index contributed by atoms with van der Waals surface area (Å²) in [6, 6.07) is 11.3. The highest BCUT2D eigenvalue weighted by atomic mass is 16.7. The van der Waals surface area contributed by atoms with Crippen molar-refractivity contribution in [2.75, 3.05) is 6.61 Å². The standard InChI is InChI=1S/C23H27N3O4/c1-4-5-6-7-12-29-15-26-22-10-8-18(16(2)25-30-17(3)27)13-20(22)21-14-19(24-28)9-11-23(21)26/h8-11,13-14H,4-7,12,15H2,1-3H3/b25-16+. The molecule has 0 radical (unpaired) electrons. The predicted octanol–water partition coefficient (Wildman–Crippen LogP) is 6.03. The van der Waals surface area contributed by atoms with Gasteiger partial charge in [0.15, 0.2) is 0 Å². The van der Waals surface area contributed by atoms with Crippen LogP contribution in [0.4, 0.5) is 5.69 Å². The molecule has 0 aliphatic rings. The van der Waals surface area contributed by atoms with Crippen LogP contribution in [0, 0.1) is 4.91 Å². The number of carbonyl (C=O) groups excluding carboxylic acids is 1. The molecule has 2 aromatic carbocycles. The first-order valence-corrected chi connectivity index (χ1v) is 10.2. The van der Waals surface area contributed by atoms with Crippen LogP contribution in [0.1, 0.15) is 52.0 Å². The van der Waals surface area contributed by atoms with E-state index in [-0.39, 0.29) is 0 Å². The van der Waals surface area contributed by atoms with Gasteiger partial charge >= 0.3 is 5.97 Å². The molecule has 0 N–H and O–H groups in total. The van der Waals surface area contributed by atoms with Crippen molar-refractivity contribution in [2.45, 2.75) is 53.2 Å². The van der Waals surface area contributed by atoms with Gasteiger partial charge in [-0.1, -0.05) is 37.4 Å². The van der Waals surface area contributed by atoms with E-state index in [4.69, 9.17) is 9.57 Å². The molecule has 1 heterocycles. The third-order valence-corrected chi connectivity index (χ3v) is 5.05. The third-order valence-electron chi connectivity index (χ3n) is 5.05. The number of nitrogens with zero attached hydrogens (tertiary/aromatic N) is 3. The van der Waals surface area contributed by atoms with Gasteiger partial charge in [0.25, 0.3) is 0 Å². The fourth-order valence-electron chi connectivity index (χ4n) is 3.49. The van der Waals surface area contributed by atoms with Gasteiger partial charge in [-0.3, -0.25) is 0 Å². The molecule has 0 aliphatic carbocycles. The number of carbonyl (C=O) groups is 1. The largest absolute Gasteiger partial charge is 0.361 e. The Morgan fingerprint density at radius 3 is 2.43 bits per heavy atom. The Hall–Kier alpha value is -3.06. The zero-order chi connectivity index (χ0) is 21.5. The second kappa shape index (κ2) is 10.1. The van der Waals surface area contributed by atoms with Gasteiger partial charge in [-0.2, -0.15) is 0 Å². The Labute approximate surface area is 175 Å². The molecule has 7 heteroatoms. The molecular weight excluding hydrogens is 382 g/mol. The van der Waals surface area contributed by atoms with Crippen molar-refractivity contribution in [3.8, 4) is 0 Å². The number of oxime groups is 1. The SMILES string of the molecule is CCCCCCOCn1c2ccc(N=O)cc2c2cc(/C(C)=N/OC(C)=O)ccc21. The van der Waals surface area contributed by atoms with Gasteiger partial charge in [-0.25, -0.2) is 4.79 Å². The maximum atomic E-state index is 11.1. The van der Waals surface area contributed by atoms with Gasteiger partial charge in [0.2, 0.25) is 0 Å². The highest BCUT2D eigenvalue weighted by Crippen LogP contribution is 2.32. The Bertz CT molecular complexity index is 1080. The zero-order valence-electron chi connectivity index (χ0n) is 17.7. The van der Waals surface area contributed by atoms with Crippen molar-refractivity contribution >= 4 is 39.2 Å². The van der Waals surface area contributed by atoms with Crippen LogP contribution in [0.25, 0.3) is 21.8 Å². The third kappa shape index (κ3) is 4.91. The Kier molecular flexibility index (Phi) is 7.30. The first-order valence-electron chi connectivity index (χ1n) is 10.2. The number of hydrogen-bond acceptors (Lipinski definition) is 6. The van der Waals surface area contributed by atoms with Crippen molar-refractivity contribution in [1.82, 2.24) is 4.57 Å². The topological polar surface area (TPSA) is 82.2 Å². The lowest BCUT2D eigenvalue weighted by molar-refractivity contribution is -0.140. The lowest BCUT2D eigenvalue weighted by Crippen LogP contribution is -2.04. The molecule has 7 nitrogen and oxygen atoms in total. The van der Waals surface area contributed by atoms with Crippen molar-refractivity contribution in [1.29, 1.82) is 0 Å². The summed E-state index contributed by atoms with van der Waals surface area (Å²) in [7, 11) is 0. The van der Waals surface area contributed by atoms with Crippen LogP contribution in [-0.4, -0.2) is 22.9 Å². The highest BCUT2D eigenvalue weighted by molar-refractivity contribution is 6.12. The lowest BCUT2D eigenvalue weighted by Gasteiger charge is -2.09. The summed E-state index contributed by atoms with van der Waals surface area (Å²) in [5.74, 6) is -0.468. The maximum absolute atomic E-state index is 11.1. The molecular formula is C23H27N3O4. The first-order chi connectivity index (χ1) is 14.5. The molecule has 3 rings (SSSR count). The summed E-state index contributed by atoms with van der Waals surface area (Å²) in [6.07, 6.45) is 4.63. The van der Waals surface area contributed by atoms with Crippen molar-refractivity contribution in [3.05, 3.63) is 46.9 Å². The molecule has 30 heavy (non-hydrogen) atoms. The molecule has 1 aromatic heterocycles.